The lowest BCUT2D eigenvalue weighted by Gasteiger charge is -2.20. The summed E-state index contributed by atoms with van der Waals surface area (Å²) in [5, 5.41) is 0. The number of phosphoric acid groups is 1. The average molecular weight is 814 g/mol. The number of rotatable bonds is 46. The molecule has 8 nitrogen and oxygen atoms in total. The van der Waals surface area contributed by atoms with Crippen molar-refractivity contribution in [3.63, 3.8) is 0 Å². The van der Waals surface area contributed by atoms with Gasteiger partial charge in [-0.3, -0.25) is 13.8 Å². The van der Waals surface area contributed by atoms with Gasteiger partial charge in [0.25, 0.3) is 0 Å². The molecule has 2 unspecified atom stereocenters. The van der Waals surface area contributed by atoms with Crippen LogP contribution in [0.25, 0.3) is 0 Å². The number of ether oxygens (including phenoxy) is 2. The molecular formula is C47H92NO7P. The largest absolute Gasteiger partial charge is 0.472 e. The molecule has 9 heteroatoms. The molecule has 0 spiro atoms. The third-order valence-corrected chi connectivity index (χ3v) is 11.4. The van der Waals surface area contributed by atoms with Crippen molar-refractivity contribution in [1.82, 2.24) is 0 Å². The number of unbranched alkanes of at least 4 members (excludes halogenated alkanes) is 29. The molecule has 0 fully saturated rings. The standard InChI is InChI=1S/C47H92NO7P/c1-3-5-7-9-11-13-15-17-19-21-22-23-25-27-29-31-33-35-37-39-42-52-44-46(45-54-56(50,51)53-43-41-48)55-47(49)40-38-36-34-32-30-28-26-24-20-18-16-14-12-10-8-6-4-2/h12,14,18,20,46H,3-11,13,15-17,19,21-45,48H2,1-2H3,(H,50,51)/b14-12-,20-18-. The molecule has 0 aromatic carbocycles. The lowest BCUT2D eigenvalue weighted by atomic mass is 10.0. The lowest BCUT2D eigenvalue weighted by Crippen LogP contribution is -2.28. The van der Waals surface area contributed by atoms with E-state index < -0.39 is 13.9 Å². The van der Waals surface area contributed by atoms with E-state index in [0.29, 0.717) is 13.0 Å². The smallest absolute Gasteiger partial charge is 0.457 e. The fourth-order valence-electron chi connectivity index (χ4n) is 6.85. The molecule has 0 bridgehead atoms. The SMILES string of the molecule is CCCCC/C=C\C/C=C\CCCCCCCCCC(=O)OC(COCCCCCCCCCCCCCCCCCCCCCC)COP(=O)(O)OCCN. The number of carbonyl (C=O) groups excluding carboxylic acids is 1. The van der Waals surface area contributed by atoms with Crippen LogP contribution in [-0.2, 0) is 27.9 Å². The molecular weight excluding hydrogens is 721 g/mol. The van der Waals surface area contributed by atoms with Gasteiger partial charge >= 0.3 is 13.8 Å². The number of hydrogen-bond acceptors (Lipinski definition) is 7. The Morgan fingerprint density at radius 3 is 1.43 bits per heavy atom. The van der Waals surface area contributed by atoms with Crippen LogP contribution < -0.4 is 5.73 Å². The Morgan fingerprint density at radius 1 is 0.536 bits per heavy atom. The van der Waals surface area contributed by atoms with Crippen LogP contribution in [0.2, 0.25) is 0 Å². The van der Waals surface area contributed by atoms with Crippen LogP contribution in [0.1, 0.15) is 232 Å². The summed E-state index contributed by atoms with van der Waals surface area (Å²) in [4.78, 5) is 22.5. The minimum absolute atomic E-state index is 0.0949. The quantitative estimate of drug-likeness (QED) is 0.0270. The zero-order valence-corrected chi connectivity index (χ0v) is 37.8. The number of allylic oxidation sites excluding steroid dienone is 4. The van der Waals surface area contributed by atoms with Crippen molar-refractivity contribution in [3.05, 3.63) is 24.3 Å². The third kappa shape index (κ3) is 44.1. The van der Waals surface area contributed by atoms with Gasteiger partial charge in [-0.05, 0) is 44.9 Å². The van der Waals surface area contributed by atoms with Gasteiger partial charge in [0.2, 0.25) is 0 Å². The van der Waals surface area contributed by atoms with Gasteiger partial charge in [-0.2, -0.15) is 0 Å². The molecule has 0 amide bonds. The normalized spacial score (nSPS) is 13.6. The number of nitrogens with two attached hydrogens (primary N) is 1. The first kappa shape index (κ1) is 55.0. The van der Waals surface area contributed by atoms with E-state index in [4.69, 9.17) is 24.3 Å². The maximum absolute atomic E-state index is 12.6. The molecule has 0 rings (SSSR count). The van der Waals surface area contributed by atoms with Crippen molar-refractivity contribution in [1.29, 1.82) is 0 Å². The fourth-order valence-corrected chi connectivity index (χ4v) is 7.62. The highest BCUT2D eigenvalue weighted by molar-refractivity contribution is 7.47. The van der Waals surface area contributed by atoms with Crippen molar-refractivity contribution in [2.24, 2.45) is 5.73 Å². The second-order valence-corrected chi connectivity index (χ2v) is 17.4. The molecule has 0 saturated heterocycles. The summed E-state index contributed by atoms with van der Waals surface area (Å²) < 4.78 is 33.5. The van der Waals surface area contributed by atoms with Crippen LogP contribution in [0.3, 0.4) is 0 Å². The predicted octanol–water partition coefficient (Wildman–Crippen LogP) is 14.4. The molecule has 0 aliphatic heterocycles. The summed E-state index contributed by atoms with van der Waals surface area (Å²) in [6.45, 7) is 4.93. The maximum atomic E-state index is 12.6. The number of carbonyl (C=O) groups is 1. The topological polar surface area (TPSA) is 117 Å². The van der Waals surface area contributed by atoms with E-state index in [2.05, 4.69) is 38.2 Å². The Labute approximate surface area is 346 Å². The first-order valence-electron chi connectivity index (χ1n) is 23.8. The first-order chi connectivity index (χ1) is 27.4. The van der Waals surface area contributed by atoms with E-state index in [1.165, 1.54) is 167 Å². The van der Waals surface area contributed by atoms with Crippen LogP contribution in [-0.4, -0.2) is 49.9 Å². The fraction of sp³-hybridized carbons (Fsp3) is 0.894. The lowest BCUT2D eigenvalue weighted by molar-refractivity contribution is -0.154. The predicted molar refractivity (Wildman–Crippen MR) is 238 cm³/mol. The molecule has 332 valence electrons. The van der Waals surface area contributed by atoms with Crippen LogP contribution in [0.15, 0.2) is 24.3 Å². The van der Waals surface area contributed by atoms with Gasteiger partial charge in [-0.25, -0.2) is 4.57 Å². The zero-order valence-electron chi connectivity index (χ0n) is 36.9. The number of hydrogen-bond donors (Lipinski definition) is 2. The summed E-state index contributed by atoms with van der Waals surface area (Å²) >= 11 is 0. The monoisotopic (exact) mass is 814 g/mol. The highest BCUT2D eigenvalue weighted by Crippen LogP contribution is 2.43. The van der Waals surface area contributed by atoms with E-state index in [0.717, 1.165) is 44.9 Å². The second kappa shape index (κ2) is 45.1. The first-order valence-corrected chi connectivity index (χ1v) is 25.3. The van der Waals surface area contributed by atoms with Gasteiger partial charge in [0, 0.05) is 19.6 Å². The molecule has 56 heavy (non-hydrogen) atoms. The van der Waals surface area contributed by atoms with E-state index >= 15 is 0 Å². The van der Waals surface area contributed by atoms with E-state index in [-0.39, 0.29) is 32.3 Å². The number of phosphoric ester groups is 1. The Kier molecular flexibility index (Phi) is 44.3. The van der Waals surface area contributed by atoms with Gasteiger partial charge in [-0.1, -0.05) is 205 Å². The van der Waals surface area contributed by atoms with Crippen molar-refractivity contribution in [3.8, 4) is 0 Å². The molecule has 0 heterocycles. The minimum Gasteiger partial charge on any atom is -0.457 e. The third-order valence-electron chi connectivity index (χ3n) is 10.4. The minimum atomic E-state index is -4.28. The summed E-state index contributed by atoms with van der Waals surface area (Å²) in [5.41, 5.74) is 5.38. The highest BCUT2D eigenvalue weighted by Gasteiger charge is 2.25. The molecule has 0 aliphatic rings. The Morgan fingerprint density at radius 2 is 0.946 bits per heavy atom. The molecule has 0 radical (unpaired) electrons. The van der Waals surface area contributed by atoms with Crippen LogP contribution in [0.4, 0.5) is 0 Å². The molecule has 3 N–H and O–H groups in total. The van der Waals surface area contributed by atoms with Crippen molar-refractivity contribution in [2.45, 2.75) is 238 Å². The average Bonchev–Trinajstić information content (AvgIpc) is 3.19. The highest BCUT2D eigenvalue weighted by atomic mass is 31.2. The van der Waals surface area contributed by atoms with Crippen molar-refractivity contribution >= 4 is 13.8 Å². The van der Waals surface area contributed by atoms with Gasteiger partial charge in [0.1, 0.15) is 6.10 Å². The summed E-state index contributed by atoms with van der Waals surface area (Å²) in [6.07, 6.45) is 50.6. The van der Waals surface area contributed by atoms with Gasteiger partial charge < -0.3 is 20.1 Å². The Balaban J connectivity index is 3.95. The van der Waals surface area contributed by atoms with Crippen LogP contribution in [0.5, 0.6) is 0 Å². The van der Waals surface area contributed by atoms with Crippen LogP contribution >= 0.6 is 7.82 Å². The van der Waals surface area contributed by atoms with E-state index in [9.17, 15) is 14.3 Å². The van der Waals surface area contributed by atoms with Gasteiger partial charge in [0.15, 0.2) is 0 Å². The van der Waals surface area contributed by atoms with Crippen LogP contribution in [0, 0.1) is 0 Å². The van der Waals surface area contributed by atoms with E-state index in [1.54, 1.807) is 0 Å². The Bertz CT molecular complexity index is 915. The maximum Gasteiger partial charge on any atom is 0.472 e. The Hall–Kier alpha value is -1.02. The summed E-state index contributed by atoms with van der Waals surface area (Å²) in [5.74, 6) is -0.334. The summed E-state index contributed by atoms with van der Waals surface area (Å²) in [7, 11) is -4.28. The number of esters is 1. The molecule has 0 aromatic heterocycles. The van der Waals surface area contributed by atoms with Gasteiger partial charge in [0.05, 0.1) is 19.8 Å². The summed E-state index contributed by atoms with van der Waals surface area (Å²) in [6, 6.07) is 0. The molecule has 2 atom stereocenters. The molecule has 0 aromatic rings. The van der Waals surface area contributed by atoms with Crippen molar-refractivity contribution in [2.75, 3.05) is 33.0 Å². The zero-order chi connectivity index (χ0) is 40.9. The molecule has 0 aliphatic carbocycles. The second-order valence-electron chi connectivity index (χ2n) is 16.0. The van der Waals surface area contributed by atoms with Gasteiger partial charge in [-0.15, -0.1) is 0 Å². The van der Waals surface area contributed by atoms with Crippen molar-refractivity contribution < 1.29 is 32.8 Å². The molecule has 0 saturated carbocycles. The van der Waals surface area contributed by atoms with E-state index in [1.807, 2.05) is 0 Å².